The van der Waals surface area contributed by atoms with Crippen LogP contribution in [0.3, 0.4) is 0 Å². The largest absolute Gasteiger partial charge is 0.481 e. The molecule has 2 aromatic rings. The lowest BCUT2D eigenvalue weighted by atomic mass is 9.99. The van der Waals surface area contributed by atoms with E-state index < -0.39 is 17.9 Å². The topological polar surface area (TPSA) is 91.3 Å². The minimum absolute atomic E-state index is 0.0356. The molecule has 0 bridgehead atoms. The van der Waals surface area contributed by atoms with E-state index in [1.807, 2.05) is 6.07 Å². The van der Waals surface area contributed by atoms with E-state index in [1.54, 1.807) is 36.0 Å². The first kappa shape index (κ1) is 15.0. The third-order valence-corrected chi connectivity index (χ3v) is 3.65. The molecule has 0 saturated heterocycles. The van der Waals surface area contributed by atoms with Crippen LogP contribution in [0, 0.1) is 0 Å². The monoisotopic (exact) mass is 305 g/mol. The van der Waals surface area contributed by atoms with Crippen molar-refractivity contribution in [2.45, 2.75) is 12.5 Å². The Morgan fingerprint density at radius 3 is 2.62 bits per heavy atom. The molecule has 3 N–H and O–H groups in total. The minimum Gasteiger partial charge on any atom is -0.481 e. The number of urea groups is 1. The SMILES string of the molecule is O=C(NCc1cncs1)NCC(C(=O)O)c1ccccc1. The molecule has 0 saturated carbocycles. The van der Waals surface area contributed by atoms with Crippen LogP contribution in [0.5, 0.6) is 0 Å². The van der Waals surface area contributed by atoms with Gasteiger partial charge in [-0.15, -0.1) is 11.3 Å². The maximum Gasteiger partial charge on any atom is 0.315 e. The molecule has 7 heteroatoms. The summed E-state index contributed by atoms with van der Waals surface area (Å²) in [5, 5.41) is 14.5. The molecule has 1 aromatic heterocycles. The van der Waals surface area contributed by atoms with Crippen LogP contribution >= 0.6 is 11.3 Å². The zero-order chi connectivity index (χ0) is 15.1. The van der Waals surface area contributed by atoms with Gasteiger partial charge in [-0.2, -0.15) is 0 Å². The summed E-state index contributed by atoms with van der Waals surface area (Å²) < 4.78 is 0. The number of nitrogens with one attached hydrogen (secondary N) is 2. The van der Waals surface area contributed by atoms with E-state index in [4.69, 9.17) is 0 Å². The van der Waals surface area contributed by atoms with Gasteiger partial charge in [0.05, 0.1) is 18.0 Å². The van der Waals surface area contributed by atoms with Crippen LogP contribution in [0.15, 0.2) is 42.0 Å². The summed E-state index contributed by atoms with van der Waals surface area (Å²) >= 11 is 1.44. The molecule has 110 valence electrons. The summed E-state index contributed by atoms with van der Waals surface area (Å²) in [6.45, 7) is 0.410. The minimum atomic E-state index is -0.969. The first-order valence-corrected chi connectivity index (χ1v) is 7.21. The fraction of sp³-hybridized carbons (Fsp3) is 0.214. The first-order chi connectivity index (χ1) is 10.2. The van der Waals surface area contributed by atoms with Gasteiger partial charge in [-0.3, -0.25) is 9.78 Å². The Morgan fingerprint density at radius 1 is 1.24 bits per heavy atom. The third-order valence-electron chi connectivity index (χ3n) is 2.87. The second kappa shape index (κ2) is 7.39. The van der Waals surface area contributed by atoms with Crippen molar-refractivity contribution in [1.82, 2.24) is 15.6 Å². The Labute approximate surface area is 125 Å². The molecule has 1 aromatic carbocycles. The Bertz CT molecular complexity index is 587. The summed E-state index contributed by atoms with van der Waals surface area (Å²) in [7, 11) is 0. The summed E-state index contributed by atoms with van der Waals surface area (Å²) in [5.74, 6) is -1.73. The van der Waals surface area contributed by atoms with Crippen molar-refractivity contribution < 1.29 is 14.7 Å². The van der Waals surface area contributed by atoms with Crippen LogP contribution in [0.2, 0.25) is 0 Å². The fourth-order valence-electron chi connectivity index (χ4n) is 1.79. The van der Waals surface area contributed by atoms with Crippen LogP contribution in [0.4, 0.5) is 4.79 Å². The lowest BCUT2D eigenvalue weighted by Crippen LogP contribution is -2.38. The van der Waals surface area contributed by atoms with Gasteiger partial charge in [-0.1, -0.05) is 30.3 Å². The summed E-state index contributed by atoms with van der Waals surface area (Å²) in [6, 6.07) is 8.43. The molecule has 2 rings (SSSR count). The van der Waals surface area contributed by atoms with Crippen molar-refractivity contribution in [1.29, 1.82) is 0 Å². The van der Waals surface area contributed by atoms with Crippen LogP contribution in [-0.4, -0.2) is 28.6 Å². The Morgan fingerprint density at radius 2 is 2.00 bits per heavy atom. The second-order valence-corrected chi connectivity index (χ2v) is 5.30. The normalized spacial score (nSPS) is 11.6. The van der Waals surface area contributed by atoms with E-state index in [0.29, 0.717) is 12.1 Å². The molecular formula is C14H15N3O3S. The number of benzene rings is 1. The van der Waals surface area contributed by atoms with Crippen molar-refractivity contribution in [2.24, 2.45) is 0 Å². The number of hydrogen-bond acceptors (Lipinski definition) is 4. The molecule has 6 nitrogen and oxygen atoms in total. The van der Waals surface area contributed by atoms with Gasteiger partial charge in [0.25, 0.3) is 0 Å². The standard InChI is InChI=1S/C14H15N3O3S/c18-13(19)12(10-4-2-1-3-5-10)8-17-14(20)16-7-11-6-15-9-21-11/h1-6,9,12H,7-8H2,(H,18,19)(H2,16,17,20). The lowest BCUT2D eigenvalue weighted by Gasteiger charge is -2.14. The maximum atomic E-state index is 11.7. The quantitative estimate of drug-likeness (QED) is 0.759. The van der Waals surface area contributed by atoms with Gasteiger partial charge in [-0.05, 0) is 5.56 Å². The van der Waals surface area contributed by atoms with Gasteiger partial charge in [0.15, 0.2) is 0 Å². The summed E-state index contributed by atoms with van der Waals surface area (Å²) in [4.78, 5) is 27.8. The predicted octanol–water partition coefficient (Wildman–Crippen LogP) is 1.81. The Balaban J connectivity index is 1.84. The number of carboxylic acid groups (broad SMARTS) is 1. The van der Waals surface area contributed by atoms with Gasteiger partial charge in [0.1, 0.15) is 0 Å². The van der Waals surface area contributed by atoms with Crippen molar-refractivity contribution >= 4 is 23.3 Å². The van der Waals surface area contributed by atoms with E-state index >= 15 is 0 Å². The van der Waals surface area contributed by atoms with Crippen LogP contribution < -0.4 is 10.6 Å². The number of nitrogens with zero attached hydrogens (tertiary/aromatic N) is 1. The maximum absolute atomic E-state index is 11.7. The van der Waals surface area contributed by atoms with Gasteiger partial charge in [0, 0.05) is 17.6 Å². The Hall–Kier alpha value is -2.41. The van der Waals surface area contributed by atoms with Crippen LogP contribution in [0.1, 0.15) is 16.4 Å². The molecule has 21 heavy (non-hydrogen) atoms. The van der Waals surface area contributed by atoms with E-state index in [9.17, 15) is 14.7 Å². The molecule has 0 aliphatic rings. The molecule has 1 unspecified atom stereocenters. The molecule has 0 aliphatic carbocycles. The molecule has 1 atom stereocenters. The highest BCUT2D eigenvalue weighted by Crippen LogP contribution is 2.14. The number of rotatable bonds is 6. The van der Waals surface area contributed by atoms with Gasteiger partial charge in [0.2, 0.25) is 0 Å². The highest BCUT2D eigenvalue weighted by Gasteiger charge is 2.20. The number of aromatic nitrogens is 1. The van der Waals surface area contributed by atoms with Crippen molar-refractivity contribution in [3.05, 3.63) is 52.5 Å². The lowest BCUT2D eigenvalue weighted by molar-refractivity contribution is -0.138. The van der Waals surface area contributed by atoms with Gasteiger partial charge >= 0.3 is 12.0 Å². The highest BCUT2D eigenvalue weighted by atomic mass is 32.1. The molecule has 0 radical (unpaired) electrons. The summed E-state index contributed by atoms with van der Waals surface area (Å²) in [6.07, 6.45) is 1.68. The average Bonchev–Trinajstić information content (AvgIpc) is 2.99. The molecule has 2 amide bonds. The number of carbonyl (C=O) groups excluding carboxylic acids is 1. The third kappa shape index (κ3) is 4.57. The van der Waals surface area contributed by atoms with Gasteiger partial charge < -0.3 is 15.7 Å². The molecule has 0 spiro atoms. The zero-order valence-corrected chi connectivity index (χ0v) is 12.0. The molecule has 0 fully saturated rings. The molecule has 1 heterocycles. The number of hydrogen-bond donors (Lipinski definition) is 3. The van der Waals surface area contributed by atoms with Crippen molar-refractivity contribution in [3.8, 4) is 0 Å². The van der Waals surface area contributed by atoms with Crippen molar-refractivity contribution in [3.63, 3.8) is 0 Å². The Kier molecular flexibility index (Phi) is 5.28. The number of carbonyl (C=O) groups is 2. The molecular weight excluding hydrogens is 290 g/mol. The van der Waals surface area contributed by atoms with E-state index in [0.717, 1.165) is 4.88 Å². The second-order valence-electron chi connectivity index (χ2n) is 4.33. The van der Waals surface area contributed by atoms with Crippen LogP contribution in [-0.2, 0) is 11.3 Å². The van der Waals surface area contributed by atoms with E-state index in [2.05, 4.69) is 15.6 Å². The highest BCUT2D eigenvalue weighted by molar-refractivity contribution is 7.09. The predicted molar refractivity (Wildman–Crippen MR) is 79.2 cm³/mol. The zero-order valence-electron chi connectivity index (χ0n) is 11.2. The van der Waals surface area contributed by atoms with E-state index in [-0.39, 0.29) is 6.54 Å². The average molecular weight is 305 g/mol. The number of amides is 2. The van der Waals surface area contributed by atoms with Crippen LogP contribution in [0.25, 0.3) is 0 Å². The number of thiazole rings is 1. The molecule has 0 aliphatic heterocycles. The number of aliphatic carboxylic acids is 1. The first-order valence-electron chi connectivity index (χ1n) is 6.33. The smallest absolute Gasteiger partial charge is 0.315 e. The number of carboxylic acids is 1. The summed E-state index contributed by atoms with van der Waals surface area (Å²) in [5.41, 5.74) is 2.35. The van der Waals surface area contributed by atoms with Crippen molar-refractivity contribution in [2.75, 3.05) is 6.54 Å². The van der Waals surface area contributed by atoms with Gasteiger partial charge in [-0.25, -0.2) is 4.79 Å². The fourth-order valence-corrected chi connectivity index (χ4v) is 2.32. The van der Waals surface area contributed by atoms with E-state index in [1.165, 1.54) is 11.3 Å².